The van der Waals surface area contributed by atoms with Gasteiger partial charge in [-0.3, -0.25) is 0 Å². The predicted octanol–water partition coefficient (Wildman–Crippen LogP) is 1.84. The molecule has 4 heteroatoms. The van der Waals surface area contributed by atoms with Crippen LogP contribution in [0.1, 0.15) is 13.8 Å². The van der Waals surface area contributed by atoms with Gasteiger partial charge in [0.15, 0.2) is 0 Å². The van der Waals surface area contributed by atoms with Crippen LogP contribution in [0.4, 0.5) is 11.4 Å². The van der Waals surface area contributed by atoms with Crippen molar-refractivity contribution in [2.24, 2.45) is 0 Å². The second-order valence-electron chi connectivity index (χ2n) is 3.35. The number of ether oxygens (including phenoxy) is 1. The van der Waals surface area contributed by atoms with Gasteiger partial charge in [-0.1, -0.05) is 13.8 Å². The third-order valence-corrected chi connectivity index (χ3v) is 2.35. The van der Waals surface area contributed by atoms with Crippen LogP contribution < -0.4 is 10.6 Å². The van der Waals surface area contributed by atoms with Crippen LogP contribution in [0.15, 0.2) is 18.2 Å². The largest absolute Gasteiger partial charge is 0.506 e. The van der Waals surface area contributed by atoms with Gasteiger partial charge in [-0.15, -0.1) is 0 Å². The molecular weight excluding hydrogens is 204 g/mol. The number of nitrogen functional groups attached to an aromatic ring is 1. The zero-order valence-electron chi connectivity index (χ0n) is 9.94. The first kappa shape index (κ1) is 12.6. The van der Waals surface area contributed by atoms with Gasteiger partial charge < -0.3 is 20.5 Å². The minimum absolute atomic E-state index is 0.243. The molecule has 1 saturated heterocycles. The molecule has 0 spiro atoms. The van der Waals surface area contributed by atoms with Crippen LogP contribution in [0.2, 0.25) is 0 Å². The molecule has 4 nitrogen and oxygen atoms in total. The van der Waals surface area contributed by atoms with E-state index in [1.165, 1.54) is 0 Å². The zero-order chi connectivity index (χ0) is 12.0. The Kier molecular flexibility index (Phi) is 4.92. The molecule has 1 aromatic rings. The summed E-state index contributed by atoms with van der Waals surface area (Å²) < 4.78 is 5.24. The van der Waals surface area contributed by atoms with E-state index < -0.39 is 0 Å². The number of phenols is 1. The molecule has 1 heterocycles. The van der Waals surface area contributed by atoms with E-state index in [-0.39, 0.29) is 5.75 Å². The van der Waals surface area contributed by atoms with Crippen molar-refractivity contribution in [3.8, 4) is 5.75 Å². The molecule has 0 atom stereocenters. The molecule has 0 aromatic heterocycles. The van der Waals surface area contributed by atoms with Gasteiger partial charge in [-0.2, -0.15) is 0 Å². The van der Waals surface area contributed by atoms with Crippen LogP contribution in [-0.2, 0) is 4.74 Å². The fourth-order valence-electron chi connectivity index (χ4n) is 1.61. The fraction of sp³-hybridized carbons (Fsp3) is 0.500. The summed E-state index contributed by atoms with van der Waals surface area (Å²) in [5, 5.41) is 9.68. The minimum atomic E-state index is 0.243. The molecule has 1 aliphatic heterocycles. The van der Waals surface area contributed by atoms with Crippen molar-refractivity contribution in [2.75, 3.05) is 36.9 Å². The van der Waals surface area contributed by atoms with E-state index in [4.69, 9.17) is 10.5 Å². The summed E-state index contributed by atoms with van der Waals surface area (Å²) in [6, 6.07) is 5.21. The first-order chi connectivity index (χ1) is 7.77. The van der Waals surface area contributed by atoms with Gasteiger partial charge in [0.05, 0.1) is 18.9 Å². The van der Waals surface area contributed by atoms with E-state index in [9.17, 15) is 5.11 Å². The molecule has 0 aliphatic carbocycles. The first-order valence-electron chi connectivity index (χ1n) is 5.68. The Labute approximate surface area is 96.6 Å². The highest BCUT2D eigenvalue weighted by Gasteiger charge is 2.14. The summed E-state index contributed by atoms with van der Waals surface area (Å²) in [6.07, 6.45) is 0. The van der Waals surface area contributed by atoms with Crippen molar-refractivity contribution in [3.05, 3.63) is 18.2 Å². The highest BCUT2D eigenvalue weighted by molar-refractivity contribution is 5.63. The highest BCUT2D eigenvalue weighted by atomic mass is 16.5. The van der Waals surface area contributed by atoms with Gasteiger partial charge in [0.1, 0.15) is 5.75 Å². The van der Waals surface area contributed by atoms with Crippen molar-refractivity contribution in [2.45, 2.75) is 13.8 Å². The molecule has 1 fully saturated rings. The summed E-state index contributed by atoms with van der Waals surface area (Å²) in [6.45, 7) is 7.06. The summed E-state index contributed by atoms with van der Waals surface area (Å²) in [7, 11) is 0. The summed E-state index contributed by atoms with van der Waals surface area (Å²) >= 11 is 0. The number of aromatic hydroxyl groups is 1. The van der Waals surface area contributed by atoms with E-state index in [0.29, 0.717) is 18.9 Å². The van der Waals surface area contributed by atoms with Crippen LogP contribution >= 0.6 is 0 Å². The molecule has 0 amide bonds. The lowest BCUT2D eigenvalue weighted by Crippen LogP contribution is -2.36. The standard InChI is InChI=1S/C10H14N2O2.C2H6/c11-8-1-2-9(10(13)7-8)12-3-5-14-6-4-12;1-2/h1-2,7,13H,3-6,11H2;1-2H3. The number of anilines is 2. The maximum absolute atomic E-state index is 9.68. The molecular formula is C12H20N2O2. The predicted molar refractivity (Wildman–Crippen MR) is 66.9 cm³/mol. The first-order valence-corrected chi connectivity index (χ1v) is 5.68. The second kappa shape index (κ2) is 6.23. The Morgan fingerprint density at radius 1 is 1.25 bits per heavy atom. The number of morpholine rings is 1. The van der Waals surface area contributed by atoms with Gasteiger partial charge in [0.25, 0.3) is 0 Å². The number of rotatable bonds is 1. The van der Waals surface area contributed by atoms with Crippen LogP contribution in [0, 0.1) is 0 Å². The molecule has 16 heavy (non-hydrogen) atoms. The zero-order valence-corrected chi connectivity index (χ0v) is 9.94. The number of phenolic OH excluding ortho intramolecular Hbond substituents is 1. The van der Waals surface area contributed by atoms with Crippen LogP contribution in [0.3, 0.4) is 0 Å². The lowest BCUT2D eigenvalue weighted by molar-refractivity contribution is 0.122. The third-order valence-electron chi connectivity index (χ3n) is 2.35. The Morgan fingerprint density at radius 3 is 2.44 bits per heavy atom. The van der Waals surface area contributed by atoms with Gasteiger partial charge in [0.2, 0.25) is 0 Å². The smallest absolute Gasteiger partial charge is 0.140 e. The Morgan fingerprint density at radius 2 is 1.88 bits per heavy atom. The molecule has 0 bridgehead atoms. The molecule has 90 valence electrons. The van der Waals surface area contributed by atoms with Gasteiger partial charge >= 0.3 is 0 Å². The molecule has 0 radical (unpaired) electrons. The van der Waals surface area contributed by atoms with Crippen molar-refractivity contribution in [1.82, 2.24) is 0 Å². The molecule has 1 aliphatic rings. The average molecular weight is 224 g/mol. The van der Waals surface area contributed by atoms with E-state index >= 15 is 0 Å². The average Bonchev–Trinajstić information content (AvgIpc) is 2.33. The maximum atomic E-state index is 9.68. The van der Waals surface area contributed by atoms with E-state index in [1.54, 1.807) is 12.1 Å². The molecule has 1 aromatic carbocycles. The van der Waals surface area contributed by atoms with Crippen molar-refractivity contribution < 1.29 is 9.84 Å². The normalized spacial score (nSPS) is 15.2. The molecule has 0 unspecified atom stereocenters. The van der Waals surface area contributed by atoms with Gasteiger partial charge in [0, 0.05) is 24.8 Å². The second-order valence-corrected chi connectivity index (χ2v) is 3.35. The summed E-state index contributed by atoms with van der Waals surface area (Å²) in [5.41, 5.74) is 6.97. The third kappa shape index (κ3) is 3.03. The SMILES string of the molecule is CC.Nc1ccc(N2CCOCC2)c(O)c1. The number of benzene rings is 1. The van der Waals surface area contributed by atoms with E-state index in [2.05, 4.69) is 4.90 Å². The quantitative estimate of drug-likeness (QED) is 0.715. The molecule has 0 saturated carbocycles. The minimum Gasteiger partial charge on any atom is -0.506 e. The number of nitrogens with two attached hydrogens (primary N) is 1. The lowest BCUT2D eigenvalue weighted by atomic mass is 10.2. The van der Waals surface area contributed by atoms with Crippen molar-refractivity contribution in [3.63, 3.8) is 0 Å². The lowest BCUT2D eigenvalue weighted by Gasteiger charge is -2.29. The topological polar surface area (TPSA) is 58.7 Å². The number of hydrogen-bond acceptors (Lipinski definition) is 4. The Hall–Kier alpha value is -1.42. The number of nitrogens with zero attached hydrogens (tertiary/aromatic N) is 1. The Balaban J connectivity index is 0.000000606. The van der Waals surface area contributed by atoms with Crippen molar-refractivity contribution in [1.29, 1.82) is 0 Å². The van der Waals surface area contributed by atoms with E-state index in [0.717, 1.165) is 18.8 Å². The van der Waals surface area contributed by atoms with Crippen molar-refractivity contribution >= 4 is 11.4 Å². The number of hydrogen-bond donors (Lipinski definition) is 2. The fourth-order valence-corrected chi connectivity index (χ4v) is 1.61. The maximum Gasteiger partial charge on any atom is 0.140 e. The van der Waals surface area contributed by atoms with Crippen LogP contribution in [0.5, 0.6) is 5.75 Å². The highest BCUT2D eigenvalue weighted by Crippen LogP contribution is 2.29. The van der Waals surface area contributed by atoms with E-state index in [1.807, 2.05) is 19.9 Å². The summed E-state index contributed by atoms with van der Waals surface area (Å²) in [4.78, 5) is 2.10. The monoisotopic (exact) mass is 224 g/mol. The van der Waals surface area contributed by atoms with Crippen LogP contribution in [-0.4, -0.2) is 31.4 Å². The van der Waals surface area contributed by atoms with Crippen LogP contribution in [0.25, 0.3) is 0 Å². The van der Waals surface area contributed by atoms with Gasteiger partial charge in [-0.05, 0) is 12.1 Å². The summed E-state index contributed by atoms with van der Waals surface area (Å²) in [5.74, 6) is 0.243. The van der Waals surface area contributed by atoms with Gasteiger partial charge in [-0.25, -0.2) is 0 Å². The Bertz CT molecular complexity index is 323. The molecule has 2 rings (SSSR count). The molecule has 3 N–H and O–H groups in total.